The lowest BCUT2D eigenvalue weighted by Crippen LogP contribution is -2.58. The largest absolute Gasteiger partial charge is 0.508 e. The number of para-hydroxylation sites is 1. The number of rotatable bonds is 12. The van der Waals surface area contributed by atoms with Crippen molar-refractivity contribution < 1.29 is 34.2 Å². The van der Waals surface area contributed by atoms with Crippen LogP contribution in [-0.2, 0) is 37.6 Å². The maximum atomic E-state index is 14.7. The van der Waals surface area contributed by atoms with Gasteiger partial charge in [0.25, 0.3) is 5.91 Å². The standard InChI is InChI=1S/C41H45N5O8/c1-23(2)33-34-32(37(50)44-33)35(48)27-13-8-9-14-30(27)46(34)41(3,4)40(54)43-28(21-25-16-18-26(47)19-17-25)38(51)45-20-10-15-31(45)36(49)42-29(39(52)53)22-24-11-6-5-7-12-24/h5-9,11-14,16-19,23,28-29,31,33,47H,10,15,20-22H2,1-4H3,(H,42,49)(H,43,54)(H,44,50)(H,52,53)/t28-,29+,31-,33-/m1/s1. The van der Waals surface area contributed by atoms with Gasteiger partial charge in [0.05, 0.1) is 17.3 Å². The third-order valence-corrected chi connectivity index (χ3v) is 10.4. The van der Waals surface area contributed by atoms with Crippen molar-refractivity contribution in [3.8, 4) is 5.75 Å². The Labute approximate surface area is 312 Å². The van der Waals surface area contributed by atoms with Gasteiger partial charge in [0.15, 0.2) is 0 Å². The average molecular weight is 736 g/mol. The average Bonchev–Trinajstić information content (AvgIpc) is 3.77. The van der Waals surface area contributed by atoms with Gasteiger partial charge in [-0.05, 0) is 68.0 Å². The highest BCUT2D eigenvalue weighted by Gasteiger charge is 2.44. The molecule has 2 aliphatic heterocycles. The number of hydrogen-bond acceptors (Lipinski definition) is 7. The smallest absolute Gasteiger partial charge is 0.326 e. The summed E-state index contributed by atoms with van der Waals surface area (Å²) in [5.41, 5.74) is 0.277. The molecule has 1 saturated heterocycles. The molecule has 2 aliphatic rings. The number of aromatic nitrogens is 1. The summed E-state index contributed by atoms with van der Waals surface area (Å²) in [6, 6.07) is 18.0. The summed E-state index contributed by atoms with van der Waals surface area (Å²) in [6.45, 7) is 7.35. The van der Waals surface area contributed by atoms with Crippen LogP contribution in [-0.4, -0.2) is 73.9 Å². The van der Waals surface area contributed by atoms with Gasteiger partial charge in [-0.25, -0.2) is 4.79 Å². The Balaban J connectivity index is 1.33. The summed E-state index contributed by atoms with van der Waals surface area (Å²) in [6.07, 6.45) is 0.848. The van der Waals surface area contributed by atoms with Crippen LogP contribution in [0.5, 0.6) is 5.75 Å². The van der Waals surface area contributed by atoms with Gasteiger partial charge in [-0.15, -0.1) is 0 Å². The lowest BCUT2D eigenvalue weighted by atomic mass is 9.93. The molecule has 0 unspecified atom stereocenters. The summed E-state index contributed by atoms with van der Waals surface area (Å²) in [7, 11) is 0. The van der Waals surface area contributed by atoms with E-state index in [1.807, 2.05) is 19.9 Å². The highest BCUT2D eigenvalue weighted by atomic mass is 16.4. The molecule has 0 spiro atoms. The van der Waals surface area contributed by atoms with Crippen LogP contribution in [0.3, 0.4) is 0 Å². The van der Waals surface area contributed by atoms with Crippen molar-refractivity contribution in [2.75, 3.05) is 6.54 Å². The van der Waals surface area contributed by atoms with E-state index in [-0.39, 0.29) is 42.0 Å². The van der Waals surface area contributed by atoms with Crippen molar-refractivity contribution in [2.45, 2.75) is 83.1 Å². The molecule has 5 N–H and O–H groups in total. The minimum atomic E-state index is -1.46. The monoisotopic (exact) mass is 735 g/mol. The van der Waals surface area contributed by atoms with Crippen LogP contribution < -0.4 is 21.4 Å². The minimum Gasteiger partial charge on any atom is -0.508 e. The number of fused-ring (bicyclic) bond motifs is 2. The van der Waals surface area contributed by atoms with E-state index in [2.05, 4.69) is 16.0 Å². The molecule has 3 heterocycles. The fraction of sp³-hybridized carbons (Fsp3) is 0.366. The first kappa shape index (κ1) is 37.8. The Morgan fingerprint density at radius 3 is 2.17 bits per heavy atom. The molecule has 54 heavy (non-hydrogen) atoms. The number of nitrogens with one attached hydrogen (secondary N) is 3. The van der Waals surface area contributed by atoms with E-state index >= 15 is 0 Å². The van der Waals surface area contributed by atoms with Crippen molar-refractivity contribution in [2.24, 2.45) is 5.92 Å². The first-order chi connectivity index (χ1) is 25.7. The van der Waals surface area contributed by atoms with Crippen molar-refractivity contribution in [3.63, 3.8) is 0 Å². The predicted molar refractivity (Wildman–Crippen MR) is 201 cm³/mol. The Morgan fingerprint density at radius 2 is 1.50 bits per heavy atom. The molecule has 0 bridgehead atoms. The molecule has 13 heteroatoms. The van der Waals surface area contributed by atoms with Crippen LogP contribution in [0, 0.1) is 5.92 Å². The van der Waals surface area contributed by atoms with Gasteiger partial charge in [-0.3, -0.25) is 24.0 Å². The summed E-state index contributed by atoms with van der Waals surface area (Å²) in [5, 5.41) is 28.6. The molecule has 3 aromatic carbocycles. The maximum Gasteiger partial charge on any atom is 0.326 e. The first-order valence-electron chi connectivity index (χ1n) is 18.1. The molecule has 13 nitrogen and oxygen atoms in total. The number of nitrogens with zero attached hydrogens (tertiary/aromatic N) is 2. The van der Waals surface area contributed by atoms with Crippen molar-refractivity contribution in [3.05, 3.63) is 111 Å². The van der Waals surface area contributed by atoms with Gasteiger partial charge in [-0.1, -0.05) is 68.4 Å². The lowest BCUT2D eigenvalue weighted by Gasteiger charge is -2.35. The van der Waals surface area contributed by atoms with Crippen molar-refractivity contribution in [1.82, 2.24) is 25.4 Å². The number of carbonyl (C=O) groups excluding carboxylic acids is 4. The Morgan fingerprint density at radius 1 is 0.870 bits per heavy atom. The molecule has 1 aromatic heterocycles. The van der Waals surface area contributed by atoms with E-state index < -0.39 is 64.7 Å². The van der Waals surface area contributed by atoms with Crippen LogP contribution >= 0.6 is 0 Å². The minimum absolute atomic E-state index is 0.00914. The van der Waals surface area contributed by atoms with E-state index in [0.29, 0.717) is 29.6 Å². The lowest BCUT2D eigenvalue weighted by molar-refractivity contribution is -0.145. The van der Waals surface area contributed by atoms with E-state index in [1.165, 1.54) is 17.0 Å². The number of carboxylic acid groups (broad SMARTS) is 1. The number of carboxylic acids is 1. The van der Waals surface area contributed by atoms with Crippen LogP contribution in [0.2, 0.25) is 0 Å². The fourth-order valence-corrected chi connectivity index (χ4v) is 7.56. The number of likely N-dealkylation sites (tertiary alicyclic amines) is 1. The second-order valence-electron chi connectivity index (χ2n) is 14.9. The van der Waals surface area contributed by atoms with E-state index in [4.69, 9.17) is 0 Å². The van der Waals surface area contributed by atoms with Gasteiger partial charge < -0.3 is 35.6 Å². The molecular formula is C41H45N5O8. The number of aliphatic carboxylic acids is 1. The predicted octanol–water partition coefficient (Wildman–Crippen LogP) is 3.41. The first-order valence-corrected chi connectivity index (χ1v) is 18.1. The second kappa shape index (κ2) is 15.2. The molecule has 0 saturated carbocycles. The Hall–Kier alpha value is -5.98. The number of hydrogen-bond donors (Lipinski definition) is 5. The Bertz CT molecular complexity index is 2160. The molecule has 1 fully saturated rings. The quantitative estimate of drug-likeness (QED) is 0.146. The molecule has 0 radical (unpaired) electrons. The zero-order valence-electron chi connectivity index (χ0n) is 30.7. The topological polar surface area (TPSA) is 187 Å². The number of carbonyl (C=O) groups is 5. The number of phenolic OH excluding ortho intramolecular Hbond substituents is 1. The van der Waals surface area contributed by atoms with Gasteiger partial charge >= 0.3 is 5.97 Å². The highest BCUT2D eigenvalue weighted by Crippen LogP contribution is 2.36. The molecule has 6 rings (SSSR count). The van der Waals surface area contributed by atoms with Crippen molar-refractivity contribution in [1.29, 1.82) is 0 Å². The number of amides is 4. The Kier molecular flexibility index (Phi) is 10.6. The molecular weight excluding hydrogens is 690 g/mol. The summed E-state index contributed by atoms with van der Waals surface area (Å²) >= 11 is 0. The zero-order valence-corrected chi connectivity index (χ0v) is 30.7. The van der Waals surface area contributed by atoms with Gasteiger partial charge in [0.1, 0.15) is 35.0 Å². The summed E-state index contributed by atoms with van der Waals surface area (Å²) < 4.78 is 1.71. The fourth-order valence-electron chi connectivity index (χ4n) is 7.56. The van der Waals surface area contributed by atoms with Gasteiger partial charge in [-0.2, -0.15) is 0 Å². The zero-order chi connectivity index (χ0) is 38.9. The van der Waals surface area contributed by atoms with Crippen LogP contribution in [0.25, 0.3) is 10.9 Å². The summed E-state index contributed by atoms with van der Waals surface area (Å²) in [5.74, 6) is -3.55. The van der Waals surface area contributed by atoms with Gasteiger partial charge in [0, 0.05) is 24.8 Å². The number of phenols is 1. The SMILES string of the molecule is CC(C)[C@H]1NC(=O)c2c1n(C(C)(C)C(=O)N[C@H](Cc1ccc(O)cc1)C(=O)N1CCC[C@@H]1C(=O)N[C@@H](Cc1ccccc1)C(=O)O)c1ccccc1c2=O. The van der Waals surface area contributed by atoms with E-state index in [0.717, 1.165) is 5.56 Å². The van der Waals surface area contributed by atoms with Crippen LogP contribution in [0.4, 0.5) is 0 Å². The van der Waals surface area contributed by atoms with E-state index in [1.54, 1.807) is 79.1 Å². The van der Waals surface area contributed by atoms with Gasteiger partial charge in [0.2, 0.25) is 23.2 Å². The third-order valence-electron chi connectivity index (χ3n) is 10.4. The van der Waals surface area contributed by atoms with Crippen molar-refractivity contribution >= 4 is 40.5 Å². The molecule has 0 aliphatic carbocycles. The molecule has 4 atom stereocenters. The number of aromatic hydroxyl groups is 1. The maximum absolute atomic E-state index is 14.7. The van der Waals surface area contributed by atoms with E-state index in [9.17, 15) is 39.0 Å². The number of pyridine rings is 1. The van der Waals surface area contributed by atoms with Crippen LogP contribution in [0.15, 0.2) is 83.7 Å². The summed E-state index contributed by atoms with van der Waals surface area (Å²) in [4.78, 5) is 83.4. The highest BCUT2D eigenvalue weighted by molar-refractivity contribution is 6.03. The molecule has 282 valence electrons. The third kappa shape index (κ3) is 7.30. The second-order valence-corrected chi connectivity index (χ2v) is 14.9. The normalized spacial score (nSPS) is 17.9. The molecule has 4 amide bonds. The van der Waals surface area contributed by atoms with Crippen LogP contribution in [0.1, 0.15) is 73.8 Å². The number of benzene rings is 3. The molecule has 4 aromatic rings.